The first-order valence-electron chi connectivity index (χ1n) is 7.35. The smallest absolute Gasteiger partial charge is 0.245 e. The molecule has 0 bridgehead atoms. The van der Waals surface area contributed by atoms with Crippen LogP contribution in [0.25, 0.3) is 0 Å². The fourth-order valence-electron chi connectivity index (χ4n) is 2.72. The minimum absolute atomic E-state index is 0.0697. The lowest BCUT2D eigenvalue weighted by atomic mass is 10.1. The highest BCUT2D eigenvalue weighted by molar-refractivity contribution is 7.91. The Balaban J connectivity index is 2.03. The van der Waals surface area contributed by atoms with E-state index in [1.165, 1.54) is 0 Å². The number of nitrogens with one attached hydrogen (secondary N) is 1. The van der Waals surface area contributed by atoms with Gasteiger partial charge in [-0.3, -0.25) is 4.79 Å². The van der Waals surface area contributed by atoms with Crippen LogP contribution >= 0.6 is 11.6 Å². The van der Waals surface area contributed by atoms with Crippen LogP contribution in [0.5, 0.6) is 0 Å². The molecule has 1 fully saturated rings. The van der Waals surface area contributed by atoms with E-state index in [9.17, 15) is 13.2 Å². The van der Waals surface area contributed by atoms with Crippen molar-refractivity contribution >= 4 is 33.0 Å². The van der Waals surface area contributed by atoms with Crippen LogP contribution in [0.15, 0.2) is 24.3 Å². The topological polar surface area (TPSA) is 66.5 Å². The summed E-state index contributed by atoms with van der Waals surface area (Å²) < 4.78 is 23.2. The molecule has 1 N–H and O–H groups in total. The molecule has 5 nitrogen and oxygen atoms in total. The standard InChI is InChI=1S/C15H21ClN2O3S/c1-3-18(14-8-9-22(20,21)10-14)15(19)11(2)17-13-6-4-12(16)5-7-13/h4-7,11,14,17H,3,8-10H2,1-2H3. The van der Waals surface area contributed by atoms with Crippen molar-refractivity contribution in [3.8, 4) is 0 Å². The Morgan fingerprint density at radius 2 is 2.05 bits per heavy atom. The largest absolute Gasteiger partial charge is 0.374 e. The number of hydrogen-bond acceptors (Lipinski definition) is 4. The zero-order valence-electron chi connectivity index (χ0n) is 12.8. The number of benzene rings is 1. The first-order valence-corrected chi connectivity index (χ1v) is 9.55. The van der Waals surface area contributed by atoms with Gasteiger partial charge in [0, 0.05) is 23.3 Å². The summed E-state index contributed by atoms with van der Waals surface area (Å²) in [5.41, 5.74) is 0.806. The lowest BCUT2D eigenvalue weighted by Crippen LogP contribution is -2.47. The lowest BCUT2D eigenvalue weighted by molar-refractivity contribution is -0.133. The van der Waals surface area contributed by atoms with E-state index in [0.717, 1.165) is 5.69 Å². The average molecular weight is 345 g/mol. The molecule has 1 heterocycles. The second-order valence-electron chi connectivity index (χ2n) is 5.55. The second kappa shape index (κ2) is 6.87. The monoisotopic (exact) mass is 344 g/mol. The van der Waals surface area contributed by atoms with Crippen molar-refractivity contribution in [2.45, 2.75) is 32.4 Å². The summed E-state index contributed by atoms with van der Waals surface area (Å²) in [6.45, 7) is 4.16. The minimum atomic E-state index is -3.00. The Morgan fingerprint density at radius 1 is 1.41 bits per heavy atom. The molecule has 1 aromatic rings. The van der Waals surface area contributed by atoms with Crippen LogP contribution in [0.3, 0.4) is 0 Å². The molecule has 122 valence electrons. The average Bonchev–Trinajstić information content (AvgIpc) is 2.82. The molecule has 1 aliphatic heterocycles. The molecule has 0 saturated carbocycles. The van der Waals surface area contributed by atoms with Crippen LogP contribution < -0.4 is 5.32 Å². The second-order valence-corrected chi connectivity index (χ2v) is 8.22. The third-order valence-electron chi connectivity index (χ3n) is 3.87. The van der Waals surface area contributed by atoms with Crippen LogP contribution in [0.4, 0.5) is 5.69 Å². The van der Waals surface area contributed by atoms with Crippen molar-refractivity contribution in [3.63, 3.8) is 0 Å². The summed E-state index contributed by atoms with van der Waals surface area (Å²) in [7, 11) is -3.00. The van der Waals surface area contributed by atoms with Crippen molar-refractivity contribution in [2.24, 2.45) is 0 Å². The van der Waals surface area contributed by atoms with Crippen molar-refractivity contribution < 1.29 is 13.2 Å². The van der Waals surface area contributed by atoms with E-state index < -0.39 is 15.9 Å². The van der Waals surface area contributed by atoms with E-state index >= 15 is 0 Å². The summed E-state index contributed by atoms with van der Waals surface area (Å²) in [5.74, 6) is 0.153. The van der Waals surface area contributed by atoms with E-state index in [2.05, 4.69) is 5.32 Å². The van der Waals surface area contributed by atoms with Crippen LogP contribution in [-0.4, -0.2) is 49.4 Å². The van der Waals surface area contributed by atoms with Gasteiger partial charge in [0.25, 0.3) is 0 Å². The summed E-state index contributed by atoms with van der Waals surface area (Å²) in [6, 6.07) is 6.48. The fourth-order valence-corrected chi connectivity index (χ4v) is 4.58. The van der Waals surface area contributed by atoms with E-state index in [0.29, 0.717) is 18.0 Å². The van der Waals surface area contributed by atoms with Gasteiger partial charge in [-0.15, -0.1) is 0 Å². The van der Waals surface area contributed by atoms with E-state index in [1.54, 1.807) is 24.0 Å². The highest BCUT2D eigenvalue weighted by atomic mass is 35.5. The Bertz CT molecular complexity index is 631. The van der Waals surface area contributed by atoms with Gasteiger partial charge in [0.2, 0.25) is 5.91 Å². The predicted molar refractivity (Wildman–Crippen MR) is 89.0 cm³/mol. The summed E-state index contributed by atoms with van der Waals surface area (Å²) >= 11 is 5.84. The molecule has 1 aliphatic rings. The first kappa shape index (κ1) is 17.1. The molecule has 0 aliphatic carbocycles. The molecule has 0 aromatic heterocycles. The molecule has 2 unspecified atom stereocenters. The molecular formula is C15H21ClN2O3S. The Labute approximate surface area is 136 Å². The molecule has 2 atom stereocenters. The van der Waals surface area contributed by atoms with Gasteiger partial charge in [0.05, 0.1) is 11.5 Å². The Hall–Kier alpha value is -1.27. The molecule has 1 aromatic carbocycles. The maximum absolute atomic E-state index is 12.6. The first-order chi connectivity index (χ1) is 10.3. The van der Waals surface area contributed by atoms with Crippen LogP contribution in [0.2, 0.25) is 5.02 Å². The highest BCUT2D eigenvalue weighted by Crippen LogP contribution is 2.20. The maximum Gasteiger partial charge on any atom is 0.245 e. The predicted octanol–water partition coefficient (Wildman–Crippen LogP) is 2.18. The number of carbonyl (C=O) groups excluding carboxylic acids is 1. The van der Waals surface area contributed by atoms with Gasteiger partial charge in [-0.1, -0.05) is 11.6 Å². The van der Waals surface area contributed by atoms with Crippen molar-refractivity contribution in [1.29, 1.82) is 0 Å². The highest BCUT2D eigenvalue weighted by Gasteiger charge is 2.35. The molecule has 0 radical (unpaired) electrons. The quantitative estimate of drug-likeness (QED) is 0.889. The van der Waals surface area contributed by atoms with Crippen LogP contribution in [0, 0.1) is 0 Å². The summed E-state index contributed by atoms with van der Waals surface area (Å²) in [6.07, 6.45) is 0.523. The van der Waals surface area contributed by atoms with Gasteiger partial charge >= 0.3 is 0 Å². The lowest BCUT2D eigenvalue weighted by Gasteiger charge is -2.30. The number of sulfone groups is 1. The molecular weight excluding hydrogens is 324 g/mol. The molecule has 2 rings (SSSR count). The van der Waals surface area contributed by atoms with Crippen molar-refractivity contribution in [3.05, 3.63) is 29.3 Å². The number of likely N-dealkylation sites (N-methyl/N-ethyl adjacent to an activating group) is 1. The molecule has 22 heavy (non-hydrogen) atoms. The number of carbonyl (C=O) groups is 1. The third kappa shape index (κ3) is 4.14. The minimum Gasteiger partial charge on any atom is -0.374 e. The van der Waals surface area contributed by atoms with Gasteiger partial charge in [0.1, 0.15) is 6.04 Å². The zero-order chi connectivity index (χ0) is 16.3. The summed E-state index contributed by atoms with van der Waals surface area (Å²) in [5, 5.41) is 3.76. The SMILES string of the molecule is CCN(C(=O)C(C)Nc1ccc(Cl)cc1)C1CCS(=O)(=O)C1. The number of nitrogens with zero attached hydrogens (tertiary/aromatic N) is 1. The van der Waals surface area contributed by atoms with Gasteiger partial charge in [-0.25, -0.2) is 8.42 Å². The number of amides is 1. The maximum atomic E-state index is 12.6. The normalized spacial score (nSPS) is 21.3. The van der Waals surface area contributed by atoms with Gasteiger partial charge in [-0.05, 0) is 44.5 Å². The number of anilines is 1. The van der Waals surface area contributed by atoms with Crippen molar-refractivity contribution in [1.82, 2.24) is 4.90 Å². The van der Waals surface area contributed by atoms with Crippen LogP contribution in [0.1, 0.15) is 20.3 Å². The molecule has 1 amide bonds. The van der Waals surface area contributed by atoms with Crippen LogP contribution in [-0.2, 0) is 14.6 Å². The summed E-state index contributed by atoms with van der Waals surface area (Å²) in [4.78, 5) is 14.3. The van der Waals surface area contributed by atoms with E-state index in [1.807, 2.05) is 19.1 Å². The van der Waals surface area contributed by atoms with E-state index in [4.69, 9.17) is 11.6 Å². The molecule has 7 heteroatoms. The Kier molecular flexibility index (Phi) is 5.34. The molecule has 1 saturated heterocycles. The fraction of sp³-hybridized carbons (Fsp3) is 0.533. The number of halogens is 1. The zero-order valence-corrected chi connectivity index (χ0v) is 14.3. The number of rotatable bonds is 5. The van der Waals surface area contributed by atoms with E-state index in [-0.39, 0.29) is 23.5 Å². The number of hydrogen-bond donors (Lipinski definition) is 1. The Morgan fingerprint density at radius 3 is 2.55 bits per heavy atom. The van der Waals surface area contributed by atoms with Gasteiger partial charge in [-0.2, -0.15) is 0 Å². The van der Waals surface area contributed by atoms with Gasteiger partial charge in [0.15, 0.2) is 9.84 Å². The van der Waals surface area contributed by atoms with Crippen molar-refractivity contribution in [2.75, 3.05) is 23.4 Å². The third-order valence-corrected chi connectivity index (χ3v) is 5.87. The van der Waals surface area contributed by atoms with Gasteiger partial charge < -0.3 is 10.2 Å². The molecule has 0 spiro atoms.